The van der Waals surface area contributed by atoms with E-state index in [-0.39, 0.29) is 5.75 Å². The van der Waals surface area contributed by atoms with E-state index < -0.39 is 10.0 Å². The minimum absolute atomic E-state index is 0.0135. The van der Waals surface area contributed by atoms with Crippen molar-refractivity contribution in [3.8, 4) is 0 Å². The van der Waals surface area contributed by atoms with Crippen molar-refractivity contribution in [2.75, 3.05) is 0 Å². The van der Waals surface area contributed by atoms with Gasteiger partial charge in [0.2, 0.25) is 10.0 Å². The Kier molecular flexibility index (Phi) is 4.35. The average molecular weight is 275 g/mol. The maximum atomic E-state index is 11.9. The van der Waals surface area contributed by atoms with Crippen LogP contribution in [0.5, 0.6) is 0 Å². The molecule has 1 N–H and O–H groups in total. The molecule has 3 nitrogen and oxygen atoms in total. The zero-order valence-electron chi connectivity index (χ0n) is 10.8. The van der Waals surface area contributed by atoms with E-state index in [1.807, 2.05) is 61.5 Å². The summed E-state index contributed by atoms with van der Waals surface area (Å²) in [5.41, 5.74) is 2.88. The highest BCUT2D eigenvalue weighted by Crippen LogP contribution is 2.07. The zero-order chi connectivity index (χ0) is 13.7. The fraction of sp³-hybridized carbons (Fsp3) is 0.200. The van der Waals surface area contributed by atoms with E-state index in [2.05, 4.69) is 4.72 Å². The molecule has 0 fully saturated rings. The lowest BCUT2D eigenvalue weighted by Gasteiger charge is -2.07. The first-order valence-corrected chi connectivity index (χ1v) is 7.77. The van der Waals surface area contributed by atoms with Gasteiger partial charge in [0.25, 0.3) is 0 Å². The molecule has 0 atom stereocenters. The maximum absolute atomic E-state index is 11.9. The summed E-state index contributed by atoms with van der Waals surface area (Å²) in [4.78, 5) is 0. The molecular weight excluding hydrogens is 258 g/mol. The Balaban J connectivity index is 1.98. The molecule has 0 unspecified atom stereocenters. The number of hydrogen-bond acceptors (Lipinski definition) is 2. The predicted molar refractivity (Wildman–Crippen MR) is 77.1 cm³/mol. The summed E-state index contributed by atoms with van der Waals surface area (Å²) in [6.45, 7) is 2.32. The number of sulfonamides is 1. The summed E-state index contributed by atoms with van der Waals surface area (Å²) < 4.78 is 26.5. The van der Waals surface area contributed by atoms with E-state index >= 15 is 0 Å². The van der Waals surface area contributed by atoms with Gasteiger partial charge < -0.3 is 0 Å². The van der Waals surface area contributed by atoms with Gasteiger partial charge in [-0.25, -0.2) is 13.1 Å². The lowest BCUT2D eigenvalue weighted by molar-refractivity contribution is 0.580. The molecule has 0 heterocycles. The molecule has 0 aliphatic rings. The van der Waals surface area contributed by atoms with Crippen LogP contribution >= 0.6 is 0 Å². The van der Waals surface area contributed by atoms with Gasteiger partial charge in [0, 0.05) is 6.54 Å². The molecule has 0 saturated heterocycles. The number of nitrogens with one attached hydrogen (secondary N) is 1. The molecule has 100 valence electrons. The lowest BCUT2D eigenvalue weighted by atomic mass is 10.1. The number of aryl methyl sites for hydroxylation is 1. The van der Waals surface area contributed by atoms with E-state index in [4.69, 9.17) is 0 Å². The van der Waals surface area contributed by atoms with Gasteiger partial charge in [0.1, 0.15) is 0 Å². The fourth-order valence-corrected chi connectivity index (χ4v) is 2.98. The number of benzene rings is 2. The topological polar surface area (TPSA) is 46.2 Å². The number of hydrogen-bond donors (Lipinski definition) is 1. The fourth-order valence-electron chi connectivity index (χ4n) is 1.86. The van der Waals surface area contributed by atoms with Gasteiger partial charge in [-0.2, -0.15) is 0 Å². The molecule has 0 saturated carbocycles. The molecule has 0 amide bonds. The van der Waals surface area contributed by atoms with E-state index in [1.54, 1.807) is 0 Å². The third-order valence-electron chi connectivity index (χ3n) is 2.78. The molecule has 2 rings (SSSR count). The second-order valence-corrected chi connectivity index (χ2v) is 6.36. The van der Waals surface area contributed by atoms with Crippen molar-refractivity contribution in [1.29, 1.82) is 0 Å². The Morgan fingerprint density at radius 1 is 0.947 bits per heavy atom. The van der Waals surface area contributed by atoms with E-state index in [1.165, 1.54) is 0 Å². The highest BCUT2D eigenvalue weighted by atomic mass is 32.2. The van der Waals surface area contributed by atoms with Crippen LogP contribution in [-0.2, 0) is 22.3 Å². The highest BCUT2D eigenvalue weighted by Gasteiger charge is 2.10. The van der Waals surface area contributed by atoms with Gasteiger partial charge in [0.05, 0.1) is 5.75 Å². The van der Waals surface area contributed by atoms with Gasteiger partial charge in [0.15, 0.2) is 0 Å². The van der Waals surface area contributed by atoms with Gasteiger partial charge in [-0.1, -0.05) is 60.2 Å². The summed E-state index contributed by atoms with van der Waals surface area (Å²) in [5.74, 6) is 0.0135. The van der Waals surface area contributed by atoms with Gasteiger partial charge in [-0.15, -0.1) is 0 Å². The van der Waals surface area contributed by atoms with Crippen molar-refractivity contribution < 1.29 is 8.42 Å². The summed E-state index contributed by atoms with van der Waals surface area (Å²) in [6, 6.07) is 17.0. The third-order valence-corrected chi connectivity index (χ3v) is 4.08. The molecule has 0 bridgehead atoms. The monoisotopic (exact) mass is 275 g/mol. The van der Waals surface area contributed by atoms with Crippen molar-refractivity contribution in [2.45, 2.75) is 19.2 Å². The van der Waals surface area contributed by atoms with Crippen LogP contribution in [0, 0.1) is 6.92 Å². The maximum Gasteiger partial charge on any atom is 0.216 e. The Labute approximate surface area is 114 Å². The molecular formula is C15H17NO2S. The second-order valence-electron chi connectivity index (χ2n) is 4.55. The quantitative estimate of drug-likeness (QED) is 0.911. The normalized spacial score (nSPS) is 11.4. The van der Waals surface area contributed by atoms with Gasteiger partial charge >= 0.3 is 0 Å². The molecule has 0 radical (unpaired) electrons. The minimum atomic E-state index is -3.30. The molecule has 0 spiro atoms. The smallest absolute Gasteiger partial charge is 0.212 e. The van der Waals surface area contributed by atoms with Crippen LogP contribution in [0.2, 0.25) is 0 Å². The largest absolute Gasteiger partial charge is 0.216 e. The summed E-state index contributed by atoms with van der Waals surface area (Å²) in [7, 11) is -3.30. The Morgan fingerprint density at radius 2 is 1.63 bits per heavy atom. The number of rotatable bonds is 5. The molecule has 0 aliphatic carbocycles. The summed E-state index contributed by atoms with van der Waals surface area (Å²) in [5, 5.41) is 0. The van der Waals surface area contributed by atoms with Crippen LogP contribution in [0.4, 0.5) is 0 Å². The molecule has 2 aromatic rings. The SMILES string of the molecule is Cc1cccc(CNS(=O)(=O)Cc2ccccc2)c1. The van der Waals surface area contributed by atoms with Gasteiger partial charge in [-0.05, 0) is 18.1 Å². The zero-order valence-corrected chi connectivity index (χ0v) is 11.7. The van der Waals surface area contributed by atoms with Crippen molar-refractivity contribution >= 4 is 10.0 Å². The minimum Gasteiger partial charge on any atom is -0.212 e. The van der Waals surface area contributed by atoms with Crippen molar-refractivity contribution in [1.82, 2.24) is 4.72 Å². The first-order valence-electron chi connectivity index (χ1n) is 6.12. The second kappa shape index (κ2) is 5.99. The van der Waals surface area contributed by atoms with E-state index in [0.29, 0.717) is 6.54 Å². The van der Waals surface area contributed by atoms with Crippen molar-refractivity contribution in [3.05, 3.63) is 71.3 Å². The molecule has 4 heteroatoms. The summed E-state index contributed by atoms with van der Waals surface area (Å²) >= 11 is 0. The average Bonchev–Trinajstić information content (AvgIpc) is 2.37. The molecule has 0 aromatic heterocycles. The Hall–Kier alpha value is -1.65. The Morgan fingerprint density at radius 3 is 2.32 bits per heavy atom. The summed E-state index contributed by atoms with van der Waals surface area (Å²) in [6.07, 6.45) is 0. The van der Waals surface area contributed by atoms with Crippen molar-refractivity contribution in [2.24, 2.45) is 0 Å². The van der Waals surface area contributed by atoms with Crippen LogP contribution in [0.1, 0.15) is 16.7 Å². The van der Waals surface area contributed by atoms with Crippen molar-refractivity contribution in [3.63, 3.8) is 0 Å². The van der Waals surface area contributed by atoms with Crippen LogP contribution in [-0.4, -0.2) is 8.42 Å². The first-order chi connectivity index (χ1) is 9.05. The van der Waals surface area contributed by atoms with E-state index in [9.17, 15) is 8.42 Å². The van der Waals surface area contributed by atoms with Crippen LogP contribution in [0.25, 0.3) is 0 Å². The van der Waals surface area contributed by atoms with Crippen LogP contribution in [0.15, 0.2) is 54.6 Å². The molecule has 19 heavy (non-hydrogen) atoms. The molecule has 0 aliphatic heterocycles. The third kappa shape index (κ3) is 4.50. The Bertz CT molecular complexity index is 636. The van der Waals surface area contributed by atoms with E-state index in [0.717, 1.165) is 16.7 Å². The first kappa shape index (κ1) is 13.8. The molecule has 2 aromatic carbocycles. The van der Waals surface area contributed by atoms with Crippen LogP contribution in [0.3, 0.4) is 0 Å². The predicted octanol–water partition coefficient (Wildman–Crippen LogP) is 2.61. The van der Waals surface area contributed by atoms with Gasteiger partial charge in [-0.3, -0.25) is 0 Å². The van der Waals surface area contributed by atoms with Crippen LogP contribution < -0.4 is 4.72 Å². The lowest BCUT2D eigenvalue weighted by Crippen LogP contribution is -2.24. The highest BCUT2D eigenvalue weighted by molar-refractivity contribution is 7.88. The standard InChI is InChI=1S/C15H17NO2S/c1-13-6-5-9-15(10-13)11-16-19(17,18)12-14-7-3-2-4-8-14/h2-10,16H,11-12H2,1H3.